The number of thioether (sulfide) groups is 1. The van der Waals surface area contributed by atoms with Gasteiger partial charge in [-0.2, -0.15) is 0 Å². The lowest BCUT2D eigenvalue weighted by Gasteiger charge is -2.07. The molecule has 1 unspecified atom stereocenters. The fourth-order valence-corrected chi connectivity index (χ4v) is 4.92. The lowest BCUT2D eigenvalue weighted by atomic mass is 10.4. The molecule has 0 aromatic rings. The summed E-state index contributed by atoms with van der Waals surface area (Å²) < 4.78 is 22.3. The molecule has 1 aliphatic rings. The van der Waals surface area contributed by atoms with E-state index in [1.165, 1.54) is 11.8 Å². The van der Waals surface area contributed by atoms with Crippen LogP contribution >= 0.6 is 11.8 Å². The fraction of sp³-hybridized carbons (Fsp3) is 0.778. The highest BCUT2D eigenvalue weighted by molar-refractivity contribution is 8.02. The van der Waals surface area contributed by atoms with E-state index in [1.54, 1.807) is 0 Å². The van der Waals surface area contributed by atoms with E-state index in [4.69, 9.17) is 5.11 Å². The van der Waals surface area contributed by atoms with Crippen LogP contribution in [-0.4, -0.2) is 54.5 Å². The third-order valence-corrected chi connectivity index (χ3v) is 5.58. The molecular formula is C9H15NO5S2. The highest BCUT2D eigenvalue weighted by Gasteiger charge is 2.28. The molecule has 0 aromatic carbocycles. The highest BCUT2D eigenvalue weighted by Crippen LogP contribution is 2.23. The Kier molecular flexibility index (Phi) is 5.26. The first-order chi connectivity index (χ1) is 7.89. The van der Waals surface area contributed by atoms with Crippen LogP contribution in [0.2, 0.25) is 0 Å². The Labute approximate surface area is 104 Å². The van der Waals surface area contributed by atoms with E-state index in [0.717, 1.165) is 0 Å². The van der Waals surface area contributed by atoms with Crippen molar-refractivity contribution in [3.8, 4) is 0 Å². The Hall–Kier alpha value is -0.760. The van der Waals surface area contributed by atoms with Crippen molar-refractivity contribution in [1.29, 1.82) is 0 Å². The van der Waals surface area contributed by atoms with E-state index in [9.17, 15) is 18.0 Å². The summed E-state index contributed by atoms with van der Waals surface area (Å²) in [6, 6.07) is 0. The van der Waals surface area contributed by atoms with Crippen molar-refractivity contribution >= 4 is 33.5 Å². The van der Waals surface area contributed by atoms with Gasteiger partial charge in [-0.3, -0.25) is 9.59 Å². The van der Waals surface area contributed by atoms with E-state index in [0.29, 0.717) is 6.42 Å². The first kappa shape index (κ1) is 14.3. The summed E-state index contributed by atoms with van der Waals surface area (Å²) in [4.78, 5) is 21.5. The van der Waals surface area contributed by atoms with E-state index in [1.807, 2.05) is 0 Å². The molecule has 1 atom stereocenters. The maximum absolute atomic E-state index is 11.3. The molecule has 1 fully saturated rings. The smallest absolute Gasteiger partial charge is 0.305 e. The molecular weight excluding hydrogens is 266 g/mol. The molecule has 0 aliphatic carbocycles. The zero-order valence-corrected chi connectivity index (χ0v) is 10.8. The number of carboxylic acid groups (broad SMARTS) is 1. The Morgan fingerprint density at radius 1 is 1.41 bits per heavy atom. The molecule has 0 bridgehead atoms. The van der Waals surface area contributed by atoms with Crippen molar-refractivity contribution in [2.75, 3.05) is 23.8 Å². The Morgan fingerprint density at radius 2 is 2.12 bits per heavy atom. The monoisotopic (exact) mass is 281 g/mol. The Morgan fingerprint density at radius 3 is 2.65 bits per heavy atom. The Bertz CT molecular complexity index is 392. The molecule has 6 nitrogen and oxygen atoms in total. The minimum atomic E-state index is -2.90. The largest absolute Gasteiger partial charge is 0.481 e. The van der Waals surface area contributed by atoms with Gasteiger partial charge in [-0.05, 0) is 6.42 Å². The van der Waals surface area contributed by atoms with E-state index >= 15 is 0 Å². The average Bonchev–Trinajstić information content (AvgIpc) is 2.55. The van der Waals surface area contributed by atoms with Gasteiger partial charge in [0.05, 0.1) is 23.7 Å². The summed E-state index contributed by atoms with van der Waals surface area (Å²) in [6.07, 6.45) is 0.490. The SMILES string of the molecule is O=C(O)CCNC(=O)CSC1CCS(=O)(=O)C1. The van der Waals surface area contributed by atoms with Gasteiger partial charge in [0.25, 0.3) is 0 Å². The summed E-state index contributed by atoms with van der Waals surface area (Å²) in [5.41, 5.74) is 0. The average molecular weight is 281 g/mol. The zero-order valence-electron chi connectivity index (χ0n) is 9.22. The van der Waals surface area contributed by atoms with Gasteiger partial charge in [-0.25, -0.2) is 8.42 Å². The highest BCUT2D eigenvalue weighted by atomic mass is 32.2. The van der Waals surface area contributed by atoms with Crippen molar-refractivity contribution in [3.63, 3.8) is 0 Å². The minimum Gasteiger partial charge on any atom is -0.481 e. The van der Waals surface area contributed by atoms with E-state index in [-0.39, 0.29) is 41.4 Å². The number of hydrogen-bond acceptors (Lipinski definition) is 5. The standard InChI is InChI=1S/C9H15NO5S2/c11-8(10-3-1-9(12)13)5-16-7-2-4-17(14,15)6-7/h7H,1-6H2,(H,10,11)(H,12,13). The van der Waals surface area contributed by atoms with Gasteiger partial charge in [-0.15, -0.1) is 11.8 Å². The van der Waals surface area contributed by atoms with Crippen LogP contribution < -0.4 is 5.32 Å². The van der Waals surface area contributed by atoms with Crippen LogP contribution in [0.5, 0.6) is 0 Å². The van der Waals surface area contributed by atoms with Crippen LogP contribution in [0.25, 0.3) is 0 Å². The van der Waals surface area contributed by atoms with Crippen LogP contribution in [0, 0.1) is 0 Å². The minimum absolute atomic E-state index is 0.00905. The Balaban J connectivity index is 2.14. The number of carboxylic acids is 1. The van der Waals surface area contributed by atoms with Gasteiger partial charge in [-0.1, -0.05) is 0 Å². The molecule has 98 valence electrons. The molecule has 1 rings (SSSR count). The first-order valence-corrected chi connectivity index (χ1v) is 8.06. The van der Waals surface area contributed by atoms with Crippen molar-refractivity contribution in [1.82, 2.24) is 5.32 Å². The van der Waals surface area contributed by atoms with E-state index in [2.05, 4.69) is 5.32 Å². The number of nitrogens with one attached hydrogen (secondary N) is 1. The van der Waals surface area contributed by atoms with Crippen molar-refractivity contribution < 1.29 is 23.1 Å². The van der Waals surface area contributed by atoms with Crippen LogP contribution in [0.4, 0.5) is 0 Å². The molecule has 1 amide bonds. The summed E-state index contributed by atoms with van der Waals surface area (Å²) in [5.74, 6) is -0.689. The number of rotatable bonds is 6. The van der Waals surface area contributed by atoms with Crippen molar-refractivity contribution in [3.05, 3.63) is 0 Å². The lowest BCUT2D eigenvalue weighted by molar-refractivity contribution is -0.136. The molecule has 17 heavy (non-hydrogen) atoms. The second kappa shape index (κ2) is 6.25. The third kappa shape index (κ3) is 5.92. The van der Waals surface area contributed by atoms with Gasteiger partial charge in [0.15, 0.2) is 9.84 Å². The van der Waals surface area contributed by atoms with Crippen molar-refractivity contribution in [2.24, 2.45) is 0 Å². The normalized spacial score (nSPS) is 22.2. The molecule has 0 spiro atoms. The zero-order chi connectivity index (χ0) is 12.9. The summed E-state index contributed by atoms with van der Waals surface area (Å²) in [7, 11) is -2.90. The second-order valence-electron chi connectivity index (χ2n) is 3.83. The van der Waals surface area contributed by atoms with Crippen LogP contribution in [0.3, 0.4) is 0 Å². The van der Waals surface area contributed by atoms with Crippen LogP contribution in [-0.2, 0) is 19.4 Å². The van der Waals surface area contributed by atoms with Crippen molar-refractivity contribution in [2.45, 2.75) is 18.1 Å². The number of hydrogen-bond donors (Lipinski definition) is 2. The summed E-state index contributed by atoms with van der Waals surface area (Å²) in [6.45, 7) is 0.109. The molecule has 1 heterocycles. The molecule has 0 radical (unpaired) electrons. The maximum Gasteiger partial charge on any atom is 0.305 e. The number of carbonyl (C=O) groups excluding carboxylic acids is 1. The topological polar surface area (TPSA) is 101 Å². The number of aliphatic carboxylic acids is 1. The van der Waals surface area contributed by atoms with Crippen LogP contribution in [0.15, 0.2) is 0 Å². The van der Waals surface area contributed by atoms with Gasteiger partial charge in [0, 0.05) is 11.8 Å². The predicted molar refractivity (Wildman–Crippen MR) is 64.8 cm³/mol. The van der Waals surface area contributed by atoms with E-state index < -0.39 is 15.8 Å². The van der Waals surface area contributed by atoms with Gasteiger partial charge < -0.3 is 10.4 Å². The molecule has 8 heteroatoms. The first-order valence-electron chi connectivity index (χ1n) is 5.19. The predicted octanol–water partition coefficient (Wildman–Crippen LogP) is -0.502. The fourth-order valence-electron chi connectivity index (χ4n) is 1.45. The number of amides is 1. The van der Waals surface area contributed by atoms with Crippen LogP contribution in [0.1, 0.15) is 12.8 Å². The molecule has 0 saturated carbocycles. The molecule has 1 aliphatic heterocycles. The molecule has 1 saturated heterocycles. The quantitative estimate of drug-likeness (QED) is 0.680. The van der Waals surface area contributed by atoms with Gasteiger partial charge in [0.2, 0.25) is 5.91 Å². The van der Waals surface area contributed by atoms with Gasteiger partial charge >= 0.3 is 5.97 Å². The molecule has 2 N–H and O–H groups in total. The third-order valence-electron chi connectivity index (χ3n) is 2.30. The second-order valence-corrected chi connectivity index (χ2v) is 7.35. The summed E-state index contributed by atoms with van der Waals surface area (Å²) in [5, 5.41) is 10.8. The number of carbonyl (C=O) groups is 2. The maximum atomic E-state index is 11.3. The summed E-state index contributed by atoms with van der Waals surface area (Å²) >= 11 is 1.31. The number of sulfone groups is 1. The van der Waals surface area contributed by atoms with Gasteiger partial charge in [0.1, 0.15) is 0 Å². The lowest BCUT2D eigenvalue weighted by Crippen LogP contribution is -2.28. The molecule has 0 aromatic heterocycles.